The van der Waals surface area contributed by atoms with E-state index in [2.05, 4.69) is 5.32 Å². The van der Waals surface area contributed by atoms with E-state index in [0.717, 1.165) is 18.4 Å². The predicted molar refractivity (Wildman–Crippen MR) is 72.3 cm³/mol. The topological polar surface area (TPSA) is 73.6 Å². The molecule has 0 aromatic heterocycles. The smallest absolute Gasteiger partial charge is 0.242 e. The van der Waals surface area contributed by atoms with Gasteiger partial charge in [0.15, 0.2) is 11.5 Å². The Morgan fingerprint density at radius 3 is 2.42 bits per heavy atom. The number of methoxy groups -OCH3 is 2. The summed E-state index contributed by atoms with van der Waals surface area (Å²) in [5, 5.41) is 3.30. The molecule has 1 atom stereocenters. The van der Waals surface area contributed by atoms with Crippen molar-refractivity contribution in [2.75, 3.05) is 14.2 Å². The molecule has 0 saturated heterocycles. The second-order valence-corrected chi connectivity index (χ2v) is 4.98. The number of carbonyl (C=O) groups is 1. The van der Waals surface area contributed by atoms with Crippen LogP contribution >= 0.6 is 0 Å². The molecule has 1 aliphatic carbocycles. The highest BCUT2D eigenvalue weighted by molar-refractivity contribution is 5.86. The number of carbonyl (C=O) groups excluding carboxylic acids is 1. The Bertz CT molecular complexity index is 486. The van der Waals surface area contributed by atoms with Gasteiger partial charge in [-0.1, -0.05) is 6.07 Å². The van der Waals surface area contributed by atoms with Crippen LogP contribution in [0.1, 0.15) is 25.3 Å². The van der Waals surface area contributed by atoms with E-state index >= 15 is 0 Å². The van der Waals surface area contributed by atoms with Crippen LogP contribution in [-0.2, 0) is 10.3 Å². The van der Waals surface area contributed by atoms with Gasteiger partial charge in [-0.15, -0.1) is 0 Å². The number of amides is 1. The Morgan fingerprint density at radius 2 is 1.95 bits per heavy atom. The molecule has 0 aliphatic heterocycles. The molecule has 1 aromatic carbocycles. The molecule has 5 heteroatoms. The average molecular weight is 264 g/mol. The van der Waals surface area contributed by atoms with Crippen molar-refractivity contribution in [2.24, 2.45) is 5.73 Å². The van der Waals surface area contributed by atoms with Gasteiger partial charge in [-0.05, 0) is 37.5 Å². The fourth-order valence-electron chi connectivity index (χ4n) is 2.08. The second kappa shape index (κ2) is 5.09. The van der Waals surface area contributed by atoms with E-state index in [4.69, 9.17) is 15.2 Å². The highest BCUT2D eigenvalue weighted by atomic mass is 16.5. The number of nitrogens with one attached hydrogen (secondary N) is 1. The quantitative estimate of drug-likeness (QED) is 0.808. The van der Waals surface area contributed by atoms with Crippen LogP contribution in [0.5, 0.6) is 11.5 Å². The van der Waals surface area contributed by atoms with Gasteiger partial charge in [-0.25, -0.2) is 0 Å². The van der Waals surface area contributed by atoms with Gasteiger partial charge in [-0.2, -0.15) is 0 Å². The first-order chi connectivity index (χ1) is 9.01. The molecule has 5 nitrogen and oxygen atoms in total. The maximum atomic E-state index is 11.8. The third-order valence-electron chi connectivity index (χ3n) is 3.52. The minimum atomic E-state index is -0.888. The zero-order valence-corrected chi connectivity index (χ0v) is 11.5. The number of nitrogens with two attached hydrogens (primary N) is 1. The van der Waals surface area contributed by atoms with E-state index in [1.807, 2.05) is 6.07 Å². The molecule has 1 unspecified atom stereocenters. The van der Waals surface area contributed by atoms with Crippen LogP contribution in [0.4, 0.5) is 0 Å². The summed E-state index contributed by atoms with van der Waals surface area (Å²) in [7, 11) is 3.14. The van der Waals surface area contributed by atoms with Crippen molar-refractivity contribution in [1.82, 2.24) is 5.32 Å². The molecular formula is C14H20N2O3. The molecule has 0 heterocycles. The van der Waals surface area contributed by atoms with Crippen LogP contribution < -0.4 is 20.5 Å². The summed E-state index contributed by atoms with van der Waals surface area (Å²) in [5.74, 6) is 0.821. The summed E-state index contributed by atoms with van der Waals surface area (Å²) in [4.78, 5) is 11.8. The first kappa shape index (κ1) is 13.7. The van der Waals surface area contributed by atoms with E-state index in [0.29, 0.717) is 17.5 Å². The number of ether oxygens (including phenoxy) is 2. The monoisotopic (exact) mass is 264 g/mol. The van der Waals surface area contributed by atoms with Crippen LogP contribution in [0.25, 0.3) is 0 Å². The molecule has 0 radical (unpaired) electrons. The van der Waals surface area contributed by atoms with Crippen molar-refractivity contribution in [3.05, 3.63) is 23.8 Å². The van der Waals surface area contributed by atoms with Crippen LogP contribution in [0.3, 0.4) is 0 Å². The molecule has 1 saturated carbocycles. The Labute approximate surface area is 113 Å². The van der Waals surface area contributed by atoms with Gasteiger partial charge >= 0.3 is 0 Å². The second-order valence-electron chi connectivity index (χ2n) is 4.98. The fourth-order valence-corrected chi connectivity index (χ4v) is 2.08. The first-order valence-electron chi connectivity index (χ1n) is 6.31. The molecule has 0 spiro atoms. The minimum absolute atomic E-state index is 0.366. The molecule has 0 bridgehead atoms. The summed E-state index contributed by atoms with van der Waals surface area (Å²) in [6.07, 6.45) is 2.16. The molecule has 104 valence electrons. The van der Waals surface area contributed by atoms with E-state index in [1.54, 1.807) is 33.3 Å². The minimum Gasteiger partial charge on any atom is -0.493 e. The summed E-state index contributed by atoms with van der Waals surface area (Å²) < 4.78 is 10.5. The number of rotatable bonds is 6. The van der Waals surface area contributed by atoms with Crippen molar-refractivity contribution in [3.8, 4) is 11.5 Å². The van der Waals surface area contributed by atoms with Gasteiger partial charge < -0.3 is 15.2 Å². The number of hydrogen-bond donors (Lipinski definition) is 2. The lowest BCUT2D eigenvalue weighted by molar-refractivity contribution is -0.124. The molecular weight excluding hydrogens is 244 g/mol. The summed E-state index contributed by atoms with van der Waals surface area (Å²) in [6.45, 7) is 1.80. The summed E-state index contributed by atoms with van der Waals surface area (Å²) >= 11 is 0. The van der Waals surface area contributed by atoms with E-state index in [1.165, 1.54) is 0 Å². The molecule has 2 rings (SSSR count). The van der Waals surface area contributed by atoms with E-state index < -0.39 is 11.4 Å². The zero-order chi connectivity index (χ0) is 14.0. The van der Waals surface area contributed by atoms with Gasteiger partial charge in [-0.3, -0.25) is 10.1 Å². The third kappa shape index (κ3) is 2.66. The Kier molecular flexibility index (Phi) is 3.66. The van der Waals surface area contributed by atoms with Crippen LogP contribution in [-0.4, -0.2) is 26.2 Å². The first-order valence-corrected chi connectivity index (χ1v) is 6.31. The van der Waals surface area contributed by atoms with Gasteiger partial charge in [0.25, 0.3) is 0 Å². The van der Waals surface area contributed by atoms with Gasteiger partial charge in [0.1, 0.15) is 5.54 Å². The van der Waals surface area contributed by atoms with Crippen molar-refractivity contribution >= 4 is 5.91 Å². The third-order valence-corrected chi connectivity index (χ3v) is 3.52. The van der Waals surface area contributed by atoms with Gasteiger partial charge in [0.2, 0.25) is 5.91 Å². The lowest BCUT2D eigenvalue weighted by Crippen LogP contribution is -2.51. The van der Waals surface area contributed by atoms with Crippen molar-refractivity contribution in [3.63, 3.8) is 0 Å². The molecule has 19 heavy (non-hydrogen) atoms. The summed E-state index contributed by atoms with van der Waals surface area (Å²) in [5.41, 5.74) is 5.46. The predicted octanol–water partition coefficient (Wildman–Crippen LogP) is 1.16. The van der Waals surface area contributed by atoms with Gasteiger partial charge in [0, 0.05) is 6.04 Å². The maximum absolute atomic E-state index is 11.8. The number of benzene rings is 1. The molecule has 1 amide bonds. The average Bonchev–Trinajstić information content (AvgIpc) is 3.21. The van der Waals surface area contributed by atoms with Crippen LogP contribution in [0, 0.1) is 0 Å². The van der Waals surface area contributed by atoms with Crippen molar-refractivity contribution in [2.45, 2.75) is 31.3 Å². The molecule has 1 aliphatic rings. The highest BCUT2D eigenvalue weighted by Gasteiger charge is 2.38. The Balaban J connectivity index is 2.38. The SMILES string of the molecule is COc1ccc(C(C)(NC2CC2)C(N)=O)cc1OC. The lowest BCUT2D eigenvalue weighted by Gasteiger charge is -2.28. The molecule has 1 aromatic rings. The van der Waals surface area contributed by atoms with Crippen molar-refractivity contribution < 1.29 is 14.3 Å². The normalized spacial score (nSPS) is 17.6. The lowest BCUT2D eigenvalue weighted by atomic mass is 9.90. The molecule has 3 N–H and O–H groups in total. The Morgan fingerprint density at radius 1 is 1.32 bits per heavy atom. The van der Waals surface area contributed by atoms with Gasteiger partial charge in [0.05, 0.1) is 14.2 Å². The van der Waals surface area contributed by atoms with Crippen molar-refractivity contribution in [1.29, 1.82) is 0 Å². The molecule has 1 fully saturated rings. The number of hydrogen-bond acceptors (Lipinski definition) is 4. The largest absolute Gasteiger partial charge is 0.493 e. The van der Waals surface area contributed by atoms with Crippen LogP contribution in [0.15, 0.2) is 18.2 Å². The van der Waals surface area contributed by atoms with E-state index in [9.17, 15) is 4.79 Å². The highest BCUT2D eigenvalue weighted by Crippen LogP contribution is 2.34. The zero-order valence-electron chi connectivity index (χ0n) is 11.5. The van der Waals surface area contributed by atoms with Crippen LogP contribution in [0.2, 0.25) is 0 Å². The summed E-state index contributed by atoms with van der Waals surface area (Å²) in [6, 6.07) is 5.77. The maximum Gasteiger partial charge on any atom is 0.242 e. The number of primary amides is 1. The van der Waals surface area contributed by atoms with E-state index in [-0.39, 0.29) is 0 Å². The fraction of sp³-hybridized carbons (Fsp3) is 0.500. The Hall–Kier alpha value is -1.75. The standard InChI is InChI=1S/C14H20N2O3/c1-14(13(15)17,16-10-5-6-10)9-4-7-11(18-2)12(8-9)19-3/h4,7-8,10,16H,5-6H2,1-3H3,(H2,15,17).